The zero-order chi connectivity index (χ0) is 13.2. The molecule has 19 heavy (non-hydrogen) atoms. The lowest BCUT2D eigenvalue weighted by molar-refractivity contribution is 0.307. The topological polar surface area (TPSA) is 30.5 Å². The van der Waals surface area contributed by atoms with Gasteiger partial charge in [-0.25, -0.2) is 0 Å². The first-order valence-electron chi connectivity index (χ1n) is 7.29. The SMILES string of the molecule is COc1ccc(C2CNC3CCCCC32)cc1OC. The molecule has 1 aromatic carbocycles. The quantitative estimate of drug-likeness (QED) is 0.907. The van der Waals surface area contributed by atoms with E-state index in [2.05, 4.69) is 17.4 Å². The minimum Gasteiger partial charge on any atom is -0.493 e. The molecule has 0 bridgehead atoms. The van der Waals surface area contributed by atoms with Gasteiger partial charge >= 0.3 is 0 Å². The van der Waals surface area contributed by atoms with Crippen molar-refractivity contribution in [3.8, 4) is 11.5 Å². The first-order valence-corrected chi connectivity index (χ1v) is 7.29. The van der Waals surface area contributed by atoms with Crippen LogP contribution in [0.2, 0.25) is 0 Å². The summed E-state index contributed by atoms with van der Waals surface area (Å²) in [6.45, 7) is 1.10. The van der Waals surface area contributed by atoms with Gasteiger partial charge in [0.1, 0.15) is 0 Å². The van der Waals surface area contributed by atoms with E-state index in [0.29, 0.717) is 5.92 Å². The first-order chi connectivity index (χ1) is 9.33. The molecular formula is C16H23NO2. The Balaban J connectivity index is 1.85. The largest absolute Gasteiger partial charge is 0.493 e. The summed E-state index contributed by atoms with van der Waals surface area (Å²) >= 11 is 0. The van der Waals surface area contributed by atoms with Gasteiger partial charge in [-0.15, -0.1) is 0 Å². The Morgan fingerprint density at radius 2 is 1.84 bits per heavy atom. The fourth-order valence-electron chi connectivity index (χ4n) is 3.77. The van der Waals surface area contributed by atoms with Crippen LogP contribution in [0.3, 0.4) is 0 Å². The Labute approximate surface area is 115 Å². The van der Waals surface area contributed by atoms with Gasteiger partial charge in [-0.3, -0.25) is 0 Å². The van der Waals surface area contributed by atoms with Gasteiger partial charge in [-0.05, 0) is 36.5 Å². The Morgan fingerprint density at radius 3 is 2.63 bits per heavy atom. The van der Waals surface area contributed by atoms with Crippen molar-refractivity contribution in [1.82, 2.24) is 5.32 Å². The van der Waals surface area contributed by atoms with Crippen LogP contribution in [0.1, 0.15) is 37.2 Å². The van der Waals surface area contributed by atoms with Gasteiger partial charge in [0.2, 0.25) is 0 Å². The number of benzene rings is 1. The summed E-state index contributed by atoms with van der Waals surface area (Å²) in [6, 6.07) is 7.11. The van der Waals surface area contributed by atoms with Crippen molar-refractivity contribution < 1.29 is 9.47 Å². The molecule has 1 saturated heterocycles. The highest BCUT2D eigenvalue weighted by Crippen LogP contribution is 2.42. The third-order valence-corrected chi connectivity index (χ3v) is 4.77. The molecule has 3 heteroatoms. The van der Waals surface area contributed by atoms with Crippen molar-refractivity contribution in [2.45, 2.75) is 37.6 Å². The van der Waals surface area contributed by atoms with E-state index in [1.54, 1.807) is 14.2 Å². The smallest absolute Gasteiger partial charge is 0.160 e. The highest BCUT2D eigenvalue weighted by atomic mass is 16.5. The van der Waals surface area contributed by atoms with Crippen LogP contribution >= 0.6 is 0 Å². The van der Waals surface area contributed by atoms with E-state index in [9.17, 15) is 0 Å². The van der Waals surface area contributed by atoms with Gasteiger partial charge in [-0.1, -0.05) is 18.9 Å². The number of fused-ring (bicyclic) bond motifs is 1. The second-order valence-electron chi connectivity index (χ2n) is 5.68. The molecule has 0 spiro atoms. The number of nitrogens with one attached hydrogen (secondary N) is 1. The van der Waals surface area contributed by atoms with Crippen molar-refractivity contribution in [3.05, 3.63) is 23.8 Å². The molecular weight excluding hydrogens is 238 g/mol. The fraction of sp³-hybridized carbons (Fsp3) is 0.625. The average molecular weight is 261 g/mol. The van der Waals surface area contributed by atoms with Gasteiger partial charge in [0.05, 0.1) is 14.2 Å². The average Bonchev–Trinajstić information content (AvgIpc) is 2.90. The number of hydrogen-bond acceptors (Lipinski definition) is 3. The lowest BCUT2D eigenvalue weighted by Gasteiger charge is -2.28. The van der Waals surface area contributed by atoms with E-state index in [-0.39, 0.29) is 0 Å². The fourth-order valence-corrected chi connectivity index (χ4v) is 3.77. The van der Waals surface area contributed by atoms with E-state index >= 15 is 0 Å². The predicted octanol–water partition coefficient (Wildman–Crippen LogP) is 2.95. The number of ether oxygens (including phenoxy) is 2. The molecule has 104 valence electrons. The van der Waals surface area contributed by atoms with Crippen molar-refractivity contribution in [3.63, 3.8) is 0 Å². The molecule has 1 heterocycles. The van der Waals surface area contributed by atoms with E-state index < -0.39 is 0 Å². The third-order valence-electron chi connectivity index (χ3n) is 4.77. The number of hydrogen-bond donors (Lipinski definition) is 1. The van der Waals surface area contributed by atoms with Crippen LogP contribution in [0.4, 0.5) is 0 Å². The standard InChI is InChI=1S/C16H23NO2/c1-18-15-8-7-11(9-16(15)19-2)13-10-17-14-6-4-3-5-12(13)14/h7-9,12-14,17H,3-6,10H2,1-2H3. The maximum atomic E-state index is 5.43. The third kappa shape index (κ3) is 2.32. The molecule has 3 rings (SSSR count). The zero-order valence-electron chi connectivity index (χ0n) is 11.8. The van der Waals surface area contributed by atoms with E-state index in [1.807, 2.05) is 6.07 Å². The van der Waals surface area contributed by atoms with Crippen LogP contribution in [0, 0.1) is 5.92 Å². The lowest BCUT2D eigenvalue weighted by atomic mass is 9.77. The molecule has 1 N–H and O–H groups in total. The summed E-state index contributed by atoms with van der Waals surface area (Å²) in [7, 11) is 3.39. The van der Waals surface area contributed by atoms with Crippen LogP contribution in [0.15, 0.2) is 18.2 Å². The summed E-state index contributed by atoms with van der Waals surface area (Å²) in [5.74, 6) is 3.09. The van der Waals surface area contributed by atoms with Crippen molar-refractivity contribution in [2.24, 2.45) is 5.92 Å². The van der Waals surface area contributed by atoms with Crippen LogP contribution in [0.25, 0.3) is 0 Å². The zero-order valence-corrected chi connectivity index (χ0v) is 11.8. The normalized spacial score (nSPS) is 29.9. The van der Waals surface area contributed by atoms with Crippen molar-refractivity contribution in [2.75, 3.05) is 20.8 Å². The summed E-state index contributed by atoms with van der Waals surface area (Å²) < 4.78 is 10.7. The molecule has 1 aliphatic carbocycles. The molecule has 3 atom stereocenters. The molecule has 0 aromatic heterocycles. The molecule has 2 aliphatic rings. The summed E-state index contributed by atoms with van der Waals surface area (Å²) in [5.41, 5.74) is 1.39. The Hall–Kier alpha value is -1.22. The molecule has 3 nitrogen and oxygen atoms in total. The highest BCUT2D eigenvalue weighted by molar-refractivity contribution is 5.44. The Morgan fingerprint density at radius 1 is 1.05 bits per heavy atom. The molecule has 1 aliphatic heterocycles. The van der Waals surface area contributed by atoms with Gasteiger partial charge in [-0.2, -0.15) is 0 Å². The van der Waals surface area contributed by atoms with E-state index in [4.69, 9.17) is 9.47 Å². The van der Waals surface area contributed by atoms with E-state index in [0.717, 1.165) is 30.0 Å². The van der Waals surface area contributed by atoms with Crippen LogP contribution in [-0.2, 0) is 0 Å². The lowest BCUT2D eigenvalue weighted by Crippen LogP contribution is -2.29. The molecule has 2 fully saturated rings. The minimum atomic E-state index is 0.630. The van der Waals surface area contributed by atoms with E-state index in [1.165, 1.54) is 31.2 Å². The highest BCUT2D eigenvalue weighted by Gasteiger charge is 2.37. The van der Waals surface area contributed by atoms with Gasteiger partial charge in [0.15, 0.2) is 11.5 Å². The van der Waals surface area contributed by atoms with Crippen molar-refractivity contribution >= 4 is 0 Å². The van der Waals surface area contributed by atoms with Crippen molar-refractivity contribution in [1.29, 1.82) is 0 Å². The molecule has 3 unspecified atom stereocenters. The molecule has 1 saturated carbocycles. The Kier molecular flexibility index (Phi) is 3.65. The molecule has 0 amide bonds. The molecule has 1 aromatic rings. The maximum Gasteiger partial charge on any atom is 0.160 e. The summed E-state index contributed by atoms with van der Waals surface area (Å²) in [4.78, 5) is 0. The maximum absolute atomic E-state index is 5.43. The van der Waals surface area contributed by atoms with Gasteiger partial charge in [0, 0.05) is 18.5 Å². The summed E-state index contributed by atoms with van der Waals surface area (Å²) in [6.07, 6.45) is 5.46. The van der Waals surface area contributed by atoms with Crippen LogP contribution < -0.4 is 14.8 Å². The van der Waals surface area contributed by atoms with Crippen LogP contribution in [0.5, 0.6) is 11.5 Å². The number of rotatable bonds is 3. The summed E-state index contributed by atoms with van der Waals surface area (Å²) in [5, 5.41) is 3.70. The Bertz CT molecular complexity index is 446. The first kappa shape index (κ1) is 12.8. The monoisotopic (exact) mass is 261 g/mol. The second kappa shape index (κ2) is 5.41. The predicted molar refractivity (Wildman–Crippen MR) is 76.0 cm³/mol. The minimum absolute atomic E-state index is 0.630. The molecule has 0 radical (unpaired) electrons. The van der Waals surface area contributed by atoms with Gasteiger partial charge in [0.25, 0.3) is 0 Å². The second-order valence-corrected chi connectivity index (χ2v) is 5.68. The van der Waals surface area contributed by atoms with Gasteiger partial charge < -0.3 is 14.8 Å². The number of methoxy groups -OCH3 is 2. The van der Waals surface area contributed by atoms with Crippen LogP contribution in [-0.4, -0.2) is 26.8 Å².